The Morgan fingerprint density at radius 2 is 1.58 bits per heavy atom. The number of esters is 1. The van der Waals surface area contributed by atoms with Crippen LogP contribution in [-0.4, -0.2) is 19.1 Å². The lowest BCUT2D eigenvalue weighted by atomic mass is 10.1. The average molecular weight is 269 g/mol. The third-order valence-electron chi connectivity index (χ3n) is 2.57. The second-order valence-corrected chi connectivity index (χ2v) is 4.39. The molecule has 0 amide bonds. The van der Waals surface area contributed by atoms with Crippen LogP contribution in [0, 0.1) is 0 Å². The van der Waals surface area contributed by atoms with Gasteiger partial charge in [0, 0.05) is 6.08 Å². The molecule has 0 atom stereocenters. The van der Waals surface area contributed by atoms with Crippen LogP contribution in [0.15, 0.2) is 25.3 Å². The molecule has 0 aliphatic rings. The number of hydrogen-bond donors (Lipinski definition) is 1. The van der Waals surface area contributed by atoms with Crippen LogP contribution in [0.5, 0.6) is 0 Å². The summed E-state index contributed by atoms with van der Waals surface area (Å²) in [6.07, 6.45) is 13.6. The Labute approximate surface area is 118 Å². The summed E-state index contributed by atoms with van der Waals surface area (Å²) < 4.78 is 4.47. The van der Waals surface area contributed by atoms with Gasteiger partial charge in [-0.25, -0.2) is 4.79 Å². The predicted molar refractivity (Wildman–Crippen MR) is 83.0 cm³/mol. The third kappa shape index (κ3) is 22.6. The van der Waals surface area contributed by atoms with E-state index in [4.69, 9.17) is 5.73 Å². The number of hydrogen-bond acceptors (Lipinski definition) is 3. The number of ether oxygens (including phenoxy) is 1. The van der Waals surface area contributed by atoms with Gasteiger partial charge in [-0.3, -0.25) is 0 Å². The van der Waals surface area contributed by atoms with Crippen molar-refractivity contribution in [1.82, 2.24) is 0 Å². The van der Waals surface area contributed by atoms with Gasteiger partial charge in [0.25, 0.3) is 0 Å². The predicted octanol–water partition coefficient (Wildman–Crippen LogP) is 3.99. The van der Waals surface area contributed by atoms with E-state index in [1.165, 1.54) is 57.4 Å². The third-order valence-corrected chi connectivity index (χ3v) is 2.57. The van der Waals surface area contributed by atoms with Gasteiger partial charge < -0.3 is 10.5 Å². The van der Waals surface area contributed by atoms with Crippen molar-refractivity contribution < 1.29 is 9.53 Å². The van der Waals surface area contributed by atoms with Gasteiger partial charge in [-0.1, -0.05) is 71.1 Å². The Bertz CT molecular complexity index is 207. The van der Waals surface area contributed by atoms with E-state index in [2.05, 4.69) is 24.8 Å². The molecule has 0 heterocycles. The molecule has 0 fully saturated rings. The van der Waals surface area contributed by atoms with Crippen LogP contribution in [0.25, 0.3) is 0 Å². The van der Waals surface area contributed by atoms with Crippen molar-refractivity contribution in [3.8, 4) is 0 Å². The molecule has 0 unspecified atom stereocenters. The molecule has 0 aromatic rings. The lowest BCUT2D eigenvalue weighted by Gasteiger charge is -1.99. The van der Waals surface area contributed by atoms with Gasteiger partial charge in [0.05, 0.1) is 0 Å². The fourth-order valence-electron chi connectivity index (χ4n) is 1.48. The molecule has 0 rings (SSSR count). The first kappa shape index (κ1) is 20.2. The maximum absolute atomic E-state index is 10.2. The first-order chi connectivity index (χ1) is 9.22. The van der Waals surface area contributed by atoms with Crippen molar-refractivity contribution in [2.75, 3.05) is 13.2 Å². The van der Waals surface area contributed by atoms with Gasteiger partial charge in [0.15, 0.2) is 0 Å². The topological polar surface area (TPSA) is 52.3 Å². The summed E-state index contributed by atoms with van der Waals surface area (Å²) in [7, 11) is 0. The van der Waals surface area contributed by atoms with Crippen molar-refractivity contribution in [1.29, 1.82) is 0 Å². The fourth-order valence-corrected chi connectivity index (χ4v) is 1.48. The van der Waals surface area contributed by atoms with Crippen molar-refractivity contribution >= 4 is 5.97 Å². The minimum absolute atomic E-state index is 0.255. The monoisotopic (exact) mass is 269 g/mol. The minimum Gasteiger partial charge on any atom is -0.458 e. The Hall–Kier alpha value is -1.09. The highest BCUT2D eigenvalue weighted by Gasteiger charge is 1.89. The normalized spacial score (nSPS) is 9.16. The molecule has 0 bridgehead atoms. The second kappa shape index (κ2) is 19.3. The highest BCUT2D eigenvalue weighted by Crippen LogP contribution is 2.07. The molecule has 19 heavy (non-hydrogen) atoms. The highest BCUT2D eigenvalue weighted by atomic mass is 16.5. The van der Waals surface area contributed by atoms with E-state index in [1.54, 1.807) is 0 Å². The Morgan fingerprint density at radius 3 is 2.00 bits per heavy atom. The summed E-state index contributed by atoms with van der Waals surface area (Å²) >= 11 is 0. The Morgan fingerprint density at radius 1 is 1.05 bits per heavy atom. The summed E-state index contributed by atoms with van der Waals surface area (Å²) in [5, 5.41) is 0. The number of nitrogens with two attached hydrogens (primary N) is 1. The molecule has 3 nitrogen and oxygen atoms in total. The van der Waals surface area contributed by atoms with Gasteiger partial charge in [-0.2, -0.15) is 0 Å². The van der Waals surface area contributed by atoms with E-state index in [0.29, 0.717) is 0 Å². The number of rotatable bonds is 11. The summed E-state index contributed by atoms with van der Waals surface area (Å²) in [6, 6.07) is 0. The lowest BCUT2D eigenvalue weighted by molar-refractivity contribution is -0.136. The quantitative estimate of drug-likeness (QED) is 0.267. The van der Waals surface area contributed by atoms with Crippen LogP contribution in [0.4, 0.5) is 0 Å². The van der Waals surface area contributed by atoms with Crippen LogP contribution in [-0.2, 0) is 9.53 Å². The molecule has 0 aromatic carbocycles. The van der Waals surface area contributed by atoms with Crippen LogP contribution < -0.4 is 5.73 Å². The molecule has 0 aromatic heterocycles. The van der Waals surface area contributed by atoms with Crippen molar-refractivity contribution in [2.45, 2.75) is 58.3 Å². The van der Waals surface area contributed by atoms with Crippen LogP contribution in [0.1, 0.15) is 58.3 Å². The van der Waals surface area contributed by atoms with Gasteiger partial charge in [-0.15, -0.1) is 0 Å². The average Bonchev–Trinajstić information content (AvgIpc) is 2.44. The smallest absolute Gasteiger partial charge is 0.330 e. The van der Waals surface area contributed by atoms with E-state index in [9.17, 15) is 4.79 Å². The van der Waals surface area contributed by atoms with Gasteiger partial charge in [0.1, 0.15) is 6.61 Å². The minimum atomic E-state index is -0.412. The van der Waals surface area contributed by atoms with Crippen molar-refractivity contribution in [3.63, 3.8) is 0 Å². The molecular weight excluding hydrogens is 238 g/mol. The van der Waals surface area contributed by atoms with Crippen LogP contribution in [0.2, 0.25) is 0 Å². The van der Waals surface area contributed by atoms with Gasteiger partial charge in [0.2, 0.25) is 0 Å². The molecular formula is C16H31NO2. The van der Waals surface area contributed by atoms with Crippen LogP contribution in [0.3, 0.4) is 0 Å². The number of carbonyl (C=O) groups is 1. The second-order valence-electron chi connectivity index (χ2n) is 4.39. The first-order valence-corrected chi connectivity index (χ1v) is 7.33. The van der Waals surface area contributed by atoms with Crippen molar-refractivity contribution in [3.05, 3.63) is 25.3 Å². The zero-order valence-electron chi connectivity index (χ0n) is 12.5. The molecule has 0 aliphatic heterocycles. The Balaban J connectivity index is 0. The van der Waals surface area contributed by atoms with E-state index < -0.39 is 5.97 Å². The summed E-state index contributed by atoms with van der Waals surface area (Å²) in [5.74, 6) is -0.412. The van der Waals surface area contributed by atoms with E-state index in [1.807, 2.05) is 0 Å². The maximum Gasteiger partial charge on any atom is 0.330 e. The lowest BCUT2D eigenvalue weighted by Crippen LogP contribution is -1.98. The largest absolute Gasteiger partial charge is 0.458 e. The zero-order chi connectivity index (χ0) is 14.8. The highest BCUT2D eigenvalue weighted by molar-refractivity contribution is 5.81. The van der Waals surface area contributed by atoms with Gasteiger partial charge >= 0.3 is 5.97 Å². The summed E-state index contributed by atoms with van der Waals surface area (Å²) in [5.41, 5.74) is 5.39. The molecule has 0 spiro atoms. The standard InChI is InChI=1S/C10H23N.C6H8O2/c1-2-3-4-5-6-7-8-9-10-11;1-3-5-8-6(7)4-2/h2-11H2,1H3;3-4H,1-2,5H2. The number of unbranched alkanes of at least 4 members (excludes halogenated alkanes) is 7. The molecule has 0 saturated heterocycles. The molecule has 2 N–H and O–H groups in total. The van der Waals surface area contributed by atoms with Crippen molar-refractivity contribution in [2.24, 2.45) is 5.73 Å². The number of carbonyl (C=O) groups excluding carboxylic acids is 1. The SMILES string of the molecule is C=CCOC(=O)C=C.CCCCCCCCCCN. The summed E-state index contributed by atoms with van der Waals surface area (Å²) in [6.45, 7) is 9.94. The van der Waals surface area contributed by atoms with E-state index in [-0.39, 0.29) is 6.61 Å². The molecule has 0 aliphatic carbocycles. The molecule has 0 saturated carbocycles. The zero-order valence-corrected chi connectivity index (χ0v) is 12.5. The van der Waals surface area contributed by atoms with E-state index >= 15 is 0 Å². The van der Waals surface area contributed by atoms with Gasteiger partial charge in [-0.05, 0) is 13.0 Å². The first-order valence-electron chi connectivity index (χ1n) is 7.33. The molecule has 0 radical (unpaired) electrons. The Kier molecular flexibility index (Phi) is 20.5. The molecule has 112 valence electrons. The molecule has 3 heteroatoms. The fraction of sp³-hybridized carbons (Fsp3) is 0.688. The maximum atomic E-state index is 10.2. The summed E-state index contributed by atoms with van der Waals surface area (Å²) in [4.78, 5) is 10.2. The van der Waals surface area contributed by atoms with Crippen LogP contribution >= 0.6 is 0 Å². The van der Waals surface area contributed by atoms with E-state index in [0.717, 1.165) is 12.6 Å².